The van der Waals surface area contributed by atoms with Gasteiger partial charge in [0.05, 0.1) is 22.8 Å². The molecular weight excluding hydrogens is 458 g/mol. The topological polar surface area (TPSA) is 77.3 Å². The molecule has 0 fully saturated rings. The van der Waals surface area contributed by atoms with Crippen LogP contribution in [-0.4, -0.2) is 31.3 Å². The number of rotatable bonds is 7. The molecule has 1 heterocycles. The molecule has 1 unspecified atom stereocenters. The number of halogens is 1. The Kier molecular flexibility index (Phi) is 7.47. The number of sulfonamides is 1. The summed E-state index contributed by atoms with van der Waals surface area (Å²) in [7, 11) is -3.90. The van der Waals surface area contributed by atoms with E-state index in [-0.39, 0.29) is 30.4 Å². The number of hydrogen-bond acceptors (Lipinski definition) is 3. The summed E-state index contributed by atoms with van der Waals surface area (Å²) in [5.41, 5.74) is 3.51. The molecule has 2 N–H and O–H groups in total. The quantitative estimate of drug-likeness (QED) is 0.377. The molecule has 33 heavy (non-hydrogen) atoms. The number of fused-ring (bicyclic) bond motifs is 1. The zero-order valence-electron chi connectivity index (χ0n) is 18.9. The van der Waals surface area contributed by atoms with Crippen molar-refractivity contribution in [2.24, 2.45) is 0 Å². The van der Waals surface area contributed by atoms with Gasteiger partial charge in [-0.15, -0.1) is 4.68 Å². The summed E-state index contributed by atoms with van der Waals surface area (Å²) in [6.45, 7) is 6.03. The monoisotopic (exact) mass is 485 g/mol. The van der Waals surface area contributed by atoms with E-state index >= 15 is 0 Å². The first-order chi connectivity index (χ1) is 15.2. The van der Waals surface area contributed by atoms with E-state index in [4.69, 9.17) is 0 Å². The van der Waals surface area contributed by atoms with Gasteiger partial charge in [0.2, 0.25) is 5.69 Å². The number of nitrogens with zero attached hydrogens (tertiary/aromatic N) is 2. The molecule has 6 nitrogen and oxygen atoms in total. The van der Waals surface area contributed by atoms with Crippen LogP contribution in [0.2, 0.25) is 0 Å². The number of hydrogen-bond donors (Lipinski definition) is 2. The number of benzene rings is 3. The van der Waals surface area contributed by atoms with Crippen LogP contribution in [0, 0.1) is 20.8 Å². The highest BCUT2D eigenvalue weighted by Crippen LogP contribution is 2.27. The van der Waals surface area contributed by atoms with Gasteiger partial charge in [-0.05, 0) is 48.9 Å². The van der Waals surface area contributed by atoms with Gasteiger partial charge in [0.25, 0.3) is 10.0 Å². The second kappa shape index (κ2) is 9.95. The van der Waals surface area contributed by atoms with E-state index in [1.54, 1.807) is 24.3 Å². The average molecular weight is 486 g/mol. The third-order valence-corrected chi connectivity index (χ3v) is 7.35. The largest absolute Gasteiger partial charge is 1.00 e. The molecule has 0 aliphatic carbocycles. The standard InChI is InChI=1S/C25H27N3O3S.ClH/c1-18-8-11-23(12-9-18)28(17-24(29)16-27-20(3)14-19(2)26-27)32(30,31)25-13-10-21-6-4-5-7-22(21)15-25;/h4-15,24,29H,16-17H2,1-3H3;1H. The Morgan fingerprint density at radius 1 is 0.939 bits per heavy atom. The number of aromatic nitrogens is 2. The Hall–Kier alpha value is -2.87. The maximum atomic E-state index is 13.7. The lowest BCUT2D eigenvalue weighted by Gasteiger charge is -2.26. The van der Waals surface area contributed by atoms with Gasteiger partial charge >= 0.3 is 0 Å². The van der Waals surface area contributed by atoms with Gasteiger partial charge in [0, 0.05) is 13.0 Å². The van der Waals surface area contributed by atoms with Crippen LogP contribution in [0.1, 0.15) is 17.0 Å². The highest BCUT2D eigenvalue weighted by atomic mass is 35.5. The normalized spacial score (nSPS) is 12.4. The van der Waals surface area contributed by atoms with Gasteiger partial charge < -0.3 is 17.5 Å². The minimum Gasteiger partial charge on any atom is -1.00 e. The average Bonchev–Trinajstić information content (AvgIpc) is 3.08. The minimum atomic E-state index is -3.90. The summed E-state index contributed by atoms with van der Waals surface area (Å²) >= 11 is 0. The fourth-order valence-corrected chi connectivity index (χ4v) is 5.42. The number of nitrogens with one attached hydrogen (secondary N) is 1. The van der Waals surface area contributed by atoms with Gasteiger partial charge in [-0.2, -0.15) is 5.10 Å². The van der Waals surface area contributed by atoms with Crippen LogP contribution in [0.15, 0.2) is 77.7 Å². The Labute approximate surface area is 200 Å². The van der Waals surface area contributed by atoms with E-state index in [1.807, 2.05) is 74.0 Å². The van der Waals surface area contributed by atoms with Crippen molar-refractivity contribution in [3.8, 4) is 0 Å². The summed E-state index contributed by atoms with van der Waals surface area (Å²) in [6, 6.07) is 22.1. The lowest BCUT2D eigenvalue weighted by Crippen LogP contribution is -3.00. The molecule has 0 saturated heterocycles. The Bertz CT molecular complexity index is 1350. The molecule has 0 amide bonds. The van der Waals surface area contributed by atoms with Gasteiger partial charge in [-0.3, -0.25) is 4.31 Å². The maximum Gasteiger partial charge on any atom is 0.264 e. The van der Waals surface area contributed by atoms with Crippen LogP contribution in [0.5, 0.6) is 0 Å². The van der Waals surface area contributed by atoms with Crippen LogP contribution in [0.4, 0.5) is 5.69 Å². The molecule has 8 heteroatoms. The molecule has 1 aromatic heterocycles. The van der Waals surface area contributed by atoms with Crippen molar-refractivity contribution in [2.75, 3.05) is 10.8 Å². The number of aliphatic hydroxyl groups is 1. The molecule has 174 valence electrons. The van der Waals surface area contributed by atoms with Gasteiger partial charge in [-0.1, -0.05) is 48.0 Å². The Balaban J connectivity index is 0.00000306. The zero-order valence-corrected chi connectivity index (χ0v) is 20.4. The first kappa shape index (κ1) is 24.8. The molecular formula is C25H28ClN3O3S. The third-order valence-electron chi connectivity index (χ3n) is 5.56. The molecule has 0 spiro atoms. The van der Waals surface area contributed by atoms with Crippen LogP contribution in [0.3, 0.4) is 0 Å². The Morgan fingerprint density at radius 2 is 1.61 bits per heavy atom. The molecule has 4 rings (SSSR count). The van der Waals surface area contributed by atoms with Gasteiger partial charge in [0.1, 0.15) is 6.10 Å². The Morgan fingerprint density at radius 3 is 2.24 bits per heavy atom. The van der Waals surface area contributed by atoms with E-state index in [1.165, 1.54) is 4.31 Å². The number of aryl methyl sites for hydroxylation is 3. The number of H-pyrrole nitrogens is 1. The third kappa shape index (κ3) is 5.38. The predicted molar refractivity (Wildman–Crippen MR) is 126 cm³/mol. The predicted octanol–water partition coefficient (Wildman–Crippen LogP) is 0.641. The summed E-state index contributed by atoms with van der Waals surface area (Å²) in [5, 5.41) is 15.9. The van der Waals surface area contributed by atoms with Crippen molar-refractivity contribution in [2.45, 2.75) is 38.3 Å². The summed E-state index contributed by atoms with van der Waals surface area (Å²) in [5.74, 6) is 0. The van der Waals surface area contributed by atoms with E-state index in [0.29, 0.717) is 5.69 Å². The van der Waals surface area contributed by atoms with Crippen molar-refractivity contribution < 1.29 is 30.6 Å². The minimum absolute atomic E-state index is 0. The number of aromatic amines is 1. The smallest absolute Gasteiger partial charge is 0.264 e. The molecule has 4 aromatic rings. The second-order valence-electron chi connectivity index (χ2n) is 8.23. The van der Waals surface area contributed by atoms with E-state index in [2.05, 4.69) is 5.10 Å². The maximum absolute atomic E-state index is 13.7. The molecule has 0 saturated carbocycles. The lowest BCUT2D eigenvalue weighted by atomic mass is 10.1. The van der Waals surface area contributed by atoms with Gasteiger partial charge in [-0.25, -0.2) is 8.42 Å². The second-order valence-corrected chi connectivity index (χ2v) is 10.1. The fraction of sp³-hybridized carbons (Fsp3) is 0.240. The van der Waals surface area contributed by atoms with Crippen LogP contribution in [-0.2, 0) is 16.6 Å². The van der Waals surface area contributed by atoms with E-state index in [9.17, 15) is 13.5 Å². The summed E-state index contributed by atoms with van der Waals surface area (Å²) < 4.78 is 30.6. The van der Waals surface area contributed by atoms with Crippen molar-refractivity contribution in [1.82, 2.24) is 5.10 Å². The fourth-order valence-electron chi connectivity index (χ4n) is 3.88. The lowest BCUT2D eigenvalue weighted by molar-refractivity contribution is -0.760. The molecule has 0 bridgehead atoms. The van der Waals surface area contributed by atoms with E-state index < -0.39 is 16.1 Å². The first-order valence-electron chi connectivity index (χ1n) is 10.6. The van der Waals surface area contributed by atoms with Crippen LogP contribution < -0.4 is 21.4 Å². The van der Waals surface area contributed by atoms with Crippen molar-refractivity contribution >= 4 is 26.5 Å². The number of anilines is 1. The van der Waals surface area contributed by atoms with Crippen LogP contribution in [0.25, 0.3) is 10.8 Å². The molecule has 0 aliphatic heterocycles. The summed E-state index contributed by atoms with van der Waals surface area (Å²) in [6.07, 6.45) is -0.909. The zero-order chi connectivity index (χ0) is 22.9. The molecule has 0 aliphatic rings. The molecule has 0 radical (unpaired) electrons. The first-order valence-corrected chi connectivity index (χ1v) is 12.0. The van der Waals surface area contributed by atoms with Crippen molar-refractivity contribution in [3.05, 3.63) is 89.7 Å². The van der Waals surface area contributed by atoms with Crippen LogP contribution >= 0.6 is 0 Å². The highest BCUT2D eigenvalue weighted by Gasteiger charge is 2.29. The number of aliphatic hydroxyl groups excluding tert-OH is 1. The van der Waals surface area contributed by atoms with E-state index in [0.717, 1.165) is 27.7 Å². The highest BCUT2D eigenvalue weighted by molar-refractivity contribution is 7.92. The van der Waals surface area contributed by atoms with Crippen molar-refractivity contribution in [1.29, 1.82) is 0 Å². The molecule has 3 aromatic carbocycles. The van der Waals surface area contributed by atoms with Crippen molar-refractivity contribution in [3.63, 3.8) is 0 Å². The SMILES string of the molecule is Cc1ccc(N(CC(O)C[n+]2[nH]c(C)cc2C)S(=O)(=O)c2ccc3ccccc3c2)cc1.[Cl-]. The van der Waals surface area contributed by atoms with Gasteiger partial charge in [0.15, 0.2) is 6.54 Å². The molecule has 1 atom stereocenters. The summed E-state index contributed by atoms with van der Waals surface area (Å²) in [4.78, 5) is 0.198.